The van der Waals surface area contributed by atoms with E-state index in [0.29, 0.717) is 24.3 Å². The number of rotatable bonds is 2. The second kappa shape index (κ2) is 4.66. The number of nitrogens with zero attached hydrogens (tertiary/aromatic N) is 2. The Balaban J connectivity index is 1.81. The molecule has 3 heterocycles. The molecule has 3 aliphatic rings. The van der Waals surface area contributed by atoms with Crippen molar-refractivity contribution in [1.82, 2.24) is 9.80 Å². The first-order valence-corrected chi connectivity index (χ1v) is 7.40. The molecule has 2 fully saturated rings. The summed E-state index contributed by atoms with van der Waals surface area (Å²) in [5.74, 6) is -1.15. The number of thioether (sulfide) groups is 1. The Labute approximate surface area is 120 Å². The molecule has 106 valence electrons. The quantitative estimate of drug-likeness (QED) is 0.584. The van der Waals surface area contributed by atoms with Crippen LogP contribution in [-0.2, 0) is 14.4 Å². The number of amides is 2. The van der Waals surface area contributed by atoms with Gasteiger partial charge in [0.2, 0.25) is 11.8 Å². The van der Waals surface area contributed by atoms with Crippen molar-refractivity contribution in [2.75, 3.05) is 19.3 Å². The third-order valence-electron chi connectivity index (χ3n) is 3.83. The van der Waals surface area contributed by atoms with Crippen molar-refractivity contribution in [1.29, 1.82) is 0 Å². The number of hydrogen-bond acceptors (Lipinski definition) is 4. The maximum atomic E-state index is 12.1. The molecule has 3 aliphatic heterocycles. The summed E-state index contributed by atoms with van der Waals surface area (Å²) in [7, 11) is 1.73. The Morgan fingerprint density at radius 2 is 2.25 bits per heavy atom. The van der Waals surface area contributed by atoms with Crippen LogP contribution in [0.5, 0.6) is 0 Å². The number of β-lactam (4-membered cyclic amide) rings is 1. The van der Waals surface area contributed by atoms with E-state index < -0.39 is 5.97 Å². The molecule has 2 atom stereocenters. The SMILES string of the molecule is CN1CC/C(=C\C2C(=O)N3C(C(=O)O)=CCS[C@@H]23)C1=O. The molecule has 7 heteroatoms. The van der Waals surface area contributed by atoms with Crippen LogP contribution in [0, 0.1) is 5.92 Å². The summed E-state index contributed by atoms with van der Waals surface area (Å²) in [6.45, 7) is 0.674. The van der Waals surface area contributed by atoms with Gasteiger partial charge >= 0.3 is 5.97 Å². The van der Waals surface area contributed by atoms with E-state index in [4.69, 9.17) is 5.11 Å². The van der Waals surface area contributed by atoms with Crippen LogP contribution >= 0.6 is 11.8 Å². The lowest BCUT2D eigenvalue weighted by atomic mass is 9.93. The normalized spacial score (nSPS) is 31.2. The molecular formula is C13H14N2O4S. The first kappa shape index (κ1) is 13.2. The summed E-state index contributed by atoms with van der Waals surface area (Å²) in [5, 5.41) is 8.89. The van der Waals surface area contributed by atoms with Crippen molar-refractivity contribution in [2.45, 2.75) is 11.8 Å². The summed E-state index contributed by atoms with van der Waals surface area (Å²) in [5.41, 5.74) is 0.723. The Morgan fingerprint density at radius 1 is 1.50 bits per heavy atom. The van der Waals surface area contributed by atoms with Gasteiger partial charge in [-0.2, -0.15) is 0 Å². The Morgan fingerprint density at radius 3 is 2.85 bits per heavy atom. The average molecular weight is 294 g/mol. The standard InChI is InChI=1S/C13H14N2O4S/c1-14-4-2-7(10(14)16)6-8-11(17)15-9(13(18)19)3-5-20-12(8)15/h3,6,8,12H,2,4-5H2,1H3,(H,18,19)/b7-6+/t8?,12-/m0/s1. The Bertz CT molecular complexity index is 569. The van der Waals surface area contributed by atoms with Crippen molar-refractivity contribution >= 4 is 29.5 Å². The highest BCUT2D eigenvalue weighted by Gasteiger charge is 2.51. The molecule has 3 rings (SSSR count). The molecule has 1 N–H and O–H groups in total. The van der Waals surface area contributed by atoms with Crippen LogP contribution in [-0.4, -0.2) is 57.4 Å². The van der Waals surface area contributed by atoms with E-state index in [1.807, 2.05) is 0 Å². The number of carboxylic acid groups (broad SMARTS) is 1. The molecule has 0 radical (unpaired) electrons. The number of carboxylic acids is 1. The van der Waals surface area contributed by atoms with E-state index in [9.17, 15) is 14.4 Å². The zero-order valence-corrected chi connectivity index (χ0v) is 11.7. The first-order chi connectivity index (χ1) is 9.50. The van der Waals surface area contributed by atoms with Gasteiger partial charge in [0, 0.05) is 24.9 Å². The third kappa shape index (κ3) is 1.84. The minimum atomic E-state index is -1.08. The van der Waals surface area contributed by atoms with E-state index in [-0.39, 0.29) is 28.8 Å². The lowest BCUT2D eigenvalue weighted by molar-refractivity contribution is -0.149. The number of fused-ring (bicyclic) bond motifs is 1. The zero-order valence-electron chi connectivity index (χ0n) is 10.9. The molecule has 0 aliphatic carbocycles. The second-order valence-corrected chi connectivity index (χ2v) is 6.17. The van der Waals surface area contributed by atoms with E-state index in [0.717, 1.165) is 0 Å². The highest BCUT2D eigenvalue weighted by molar-refractivity contribution is 8.00. The van der Waals surface area contributed by atoms with Gasteiger partial charge in [0.1, 0.15) is 5.70 Å². The van der Waals surface area contributed by atoms with E-state index in [1.54, 1.807) is 24.1 Å². The summed E-state index contributed by atoms with van der Waals surface area (Å²) < 4.78 is 0. The number of carbonyl (C=O) groups excluding carboxylic acids is 2. The highest BCUT2D eigenvalue weighted by atomic mass is 32.2. The van der Waals surface area contributed by atoms with Crippen molar-refractivity contribution in [3.63, 3.8) is 0 Å². The summed E-state index contributed by atoms with van der Waals surface area (Å²) in [6, 6.07) is 0. The van der Waals surface area contributed by atoms with Crippen LogP contribution in [0.3, 0.4) is 0 Å². The van der Waals surface area contributed by atoms with E-state index in [1.165, 1.54) is 16.7 Å². The van der Waals surface area contributed by atoms with Crippen LogP contribution < -0.4 is 0 Å². The molecule has 0 spiro atoms. The molecule has 0 saturated carbocycles. The van der Waals surface area contributed by atoms with Crippen molar-refractivity contribution < 1.29 is 19.5 Å². The minimum absolute atomic E-state index is 0.0361. The van der Waals surface area contributed by atoms with E-state index in [2.05, 4.69) is 0 Å². The molecular weight excluding hydrogens is 280 g/mol. The number of aliphatic carboxylic acids is 1. The molecule has 6 nitrogen and oxygen atoms in total. The molecule has 1 unspecified atom stereocenters. The zero-order chi connectivity index (χ0) is 14.4. The van der Waals surface area contributed by atoms with Gasteiger partial charge in [0.25, 0.3) is 0 Å². The van der Waals surface area contributed by atoms with Gasteiger partial charge in [-0.15, -0.1) is 11.8 Å². The van der Waals surface area contributed by atoms with Gasteiger partial charge < -0.3 is 10.0 Å². The number of hydrogen-bond donors (Lipinski definition) is 1. The van der Waals surface area contributed by atoms with E-state index >= 15 is 0 Å². The van der Waals surface area contributed by atoms with Crippen molar-refractivity contribution in [2.24, 2.45) is 5.92 Å². The maximum absolute atomic E-state index is 12.1. The first-order valence-electron chi connectivity index (χ1n) is 6.35. The predicted octanol–water partition coefficient (Wildman–Crippen LogP) is 0.275. The minimum Gasteiger partial charge on any atom is -0.477 e. The molecule has 0 aromatic heterocycles. The van der Waals surface area contributed by atoms with Crippen LogP contribution in [0.15, 0.2) is 23.4 Å². The van der Waals surface area contributed by atoms with Crippen LogP contribution in [0.4, 0.5) is 0 Å². The van der Waals surface area contributed by atoms with Gasteiger partial charge in [-0.1, -0.05) is 6.08 Å². The van der Waals surface area contributed by atoms with Gasteiger partial charge in [-0.05, 0) is 12.5 Å². The topological polar surface area (TPSA) is 77.9 Å². The van der Waals surface area contributed by atoms with Gasteiger partial charge in [-0.3, -0.25) is 14.5 Å². The Kier molecular flexibility index (Phi) is 3.08. The number of likely N-dealkylation sites (tertiary alicyclic amines) is 1. The van der Waals surface area contributed by atoms with Gasteiger partial charge in [-0.25, -0.2) is 4.79 Å². The Hall–Kier alpha value is -1.76. The maximum Gasteiger partial charge on any atom is 0.352 e. The van der Waals surface area contributed by atoms with Crippen molar-refractivity contribution in [3.05, 3.63) is 23.4 Å². The molecule has 20 heavy (non-hydrogen) atoms. The van der Waals surface area contributed by atoms with Crippen LogP contribution in [0.1, 0.15) is 6.42 Å². The number of likely N-dealkylation sites (N-methyl/N-ethyl adjacent to an activating group) is 1. The number of carbonyl (C=O) groups is 3. The van der Waals surface area contributed by atoms with Crippen LogP contribution in [0.2, 0.25) is 0 Å². The lowest BCUT2D eigenvalue weighted by Gasteiger charge is -2.47. The molecule has 2 saturated heterocycles. The van der Waals surface area contributed by atoms with Gasteiger partial charge in [0.15, 0.2) is 0 Å². The molecule has 0 aromatic carbocycles. The molecule has 0 bridgehead atoms. The van der Waals surface area contributed by atoms with Crippen molar-refractivity contribution in [3.8, 4) is 0 Å². The third-order valence-corrected chi connectivity index (χ3v) is 5.03. The lowest BCUT2D eigenvalue weighted by Crippen LogP contribution is -2.60. The average Bonchev–Trinajstić information content (AvgIpc) is 2.75. The highest BCUT2D eigenvalue weighted by Crippen LogP contribution is 2.42. The monoisotopic (exact) mass is 294 g/mol. The van der Waals surface area contributed by atoms with Gasteiger partial charge in [0.05, 0.1) is 11.3 Å². The fraction of sp³-hybridized carbons (Fsp3) is 0.462. The summed E-state index contributed by atoms with van der Waals surface area (Å²) in [6.07, 6.45) is 3.94. The largest absolute Gasteiger partial charge is 0.477 e. The predicted molar refractivity (Wildman–Crippen MR) is 72.6 cm³/mol. The summed E-state index contributed by atoms with van der Waals surface area (Å²) in [4.78, 5) is 38.0. The summed E-state index contributed by atoms with van der Waals surface area (Å²) >= 11 is 1.53. The van der Waals surface area contributed by atoms with Crippen LogP contribution in [0.25, 0.3) is 0 Å². The smallest absolute Gasteiger partial charge is 0.352 e. The molecule has 2 amide bonds. The fourth-order valence-corrected chi connectivity index (χ4v) is 3.92. The molecule has 0 aromatic rings. The fourth-order valence-electron chi connectivity index (χ4n) is 2.70. The second-order valence-electron chi connectivity index (χ2n) is 5.02.